The summed E-state index contributed by atoms with van der Waals surface area (Å²) in [5, 5.41) is 24.7. The minimum absolute atomic E-state index is 0. The monoisotopic (exact) mass is 526 g/mol. The van der Waals surface area contributed by atoms with E-state index in [0.29, 0.717) is 17.6 Å². The molecule has 2 unspecified atom stereocenters. The fourth-order valence-corrected chi connectivity index (χ4v) is 2.05. The van der Waals surface area contributed by atoms with Gasteiger partial charge in [0.15, 0.2) is 11.6 Å². The van der Waals surface area contributed by atoms with Crippen molar-refractivity contribution < 1.29 is 53.9 Å². The Kier molecular flexibility index (Phi) is 15.4. The van der Waals surface area contributed by atoms with Gasteiger partial charge in [-0.2, -0.15) is 0 Å². The van der Waals surface area contributed by atoms with E-state index in [2.05, 4.69) is 10.6 Å². The topological polar surface area (TPSA) is 98.7 Å². The van der Waals surface area contributed by atoms with Gasteiger partial charge in [-0.3, -0.25) is 9.59 Å². The van der Waals surface area contributed by atoms with Crippen LogP contribution in [0.5, 0.6) is 0 Å². The predicted molar refractivity (Wildman–Crippen MR) is 116 cm³/mol. The van der Waals surface area contributed by atoms with E-state index in [1.54, 1.807) is 49.7 Å². The van der Waals surface area contributed by atoms with Crippen LogP contribution in [0.1, 0.15) is 40.5 Å². The van der Waals surface area contributed by atoms with Gasteiger partial charge in [-0.25, -0.2) is 0 Å². The van der Waals surface area contributed by atoms with Crippen LogP contribution in [0.3, 0.4) is 0 Å². The number of allylic oxidation sites excluding steroid dienone is 10. The summed E-state index contributed by atoms with van der Waals surface area (Å²) in [5.74, 6) is -0.0618. The molecule has 0 aromatic carbocycles. The maximum atomic E-state index is 11.4. The molecule has 0 bridgehead atoms. The van der Waals surface area contributed by atoms with E-state index in [0.717, 1.165) is 6.42 Å². The van der Waals surface area contributed by atoms with Crippen LogP contribution in [0.15, 0.2) is 72.2 Å². The van der Waals surface area contributed by atoms with E-state index < -0.39 is 5.72 Å². The zero-order valence-electron chi connectivity index (χ0n) is 18.2. The summed E-state index contributed by atoms with van der Waals surface area (Å²) in [6.07, 6.45) is 18.1. The molecule has 0 aromatic rings. The second kappa shape index (κ2) is 15.2. The second-order valence-electron chi connectivity index (χ2n) is 7.35. The fourth-order valence-electron chi connectivity index (χ4n) is 2.05. The molecule has 2 atom stereocenters. The summed E-state index contributed by atoms with van der Waals surface area (Å²) in [6, 6.07) is 0. The Morgan fingerprint density at radius 3 is 1.58 bits per heavy atom. The number of nitrogens with one attached hydrogen (secondary N) is 2. The Morgan fingerprint density at radius 2 is 1.23 bits per heavy atom. The Balaban J connectivity index is 0. The summed E-state index contributed by atoms with van der Waals surface area (Å²) in [5.41, 5.74) is -0.142. The number of ketones is 2. The first-order valence-electron chi connectivity index (χ1n) is 9.73. The van der Waals surface area contributed by atoms with Gasteiger partial charge in [0.2, 0.25) is 0 Å². The fraction of sp³-hybridized carbons (Fsp3) is 0.391. The predicted octanol–water partition coefficient (Wildman–Crippen LogP) is 2.58. The molecular weight excluding hydrogens is 495 g/mol. The number of aliphatic hydroxyl groups is 2. The van der Waals surface area contributed by atoms with Gasteiger partial charge in [-0.15, -0.1) is 0 Å². The Morgan fingerprint density at radius 1 is 0.806 bits per heavy atom. The largest absolute Gasteiger partial charge is 0.394 e. The Labute approximate surface area is 206 Å². The molecular formula is C23H32Cu2N2O4. The summed E-state index contributed by atoms with van der Waals surface area (Å²) < 4.78 is 0. The number of rotatable bonds is 7. The minimum Gasteiger partial charge on any atom is -0.394 e. The zero-order valence-corrected chi connectivity index (χ0v) is 20.1. The van der Waals surface area contributed by atoms with Crippen molar-refractivity contribution >= 4 is 11.6 Å². The van der Waals surface area contributed by atoms with Crippen molar-refractivity contribution in [3.63, 3.8) is 0 Å². The van der Waals surface area contributed by atoms with Crippen LogP contribution in [-0.2, 0) is 43.7 Å². The molecule has 2 radical (unpaired) electrons. The average Bonchev–Trinajstić information content (AvgIpc) is 2.73. The molecule has 180 valence electrons. The van der Waals surface area contributed by atoms with Gasteiger partial charge in [0.05, 0.1) is 12.1 Å². The van der Waals surface area contributed by atoms with E-state index in [4.69, 9.17) is 0 Å². The molecule has 31 heavy (non-hydrogen) atoms. The molecule has 0 aliphatic heterocycles. The second-order valence-corrected chi connectivity index (χ2v) is 7.35. The first-order valence-corrected chi connectivity index (χ1v) is 9.73. The van der Waals surface area contributed by atoms with Gasteiger partial charge in [-0.1, -0.05) is 38.2 Å². The van der Waals surface area contributed by atoms with Crippen molar-refractivity contribution in [3.8, 4) is 0 Å². The molecule has 0 amide bonds. The van der Waals surface area contributed by atoms with Crippen molar-refractivity contribution in [1.82, 2.24) is 10.6 Å². The van der Waals surface area contributed by atoms with Crippen LogP contribution in [-0.4, -0.2) is 39.7 Å². The van der Waals surface area contributed by atoms with E-state index in [-0.39, 0.29) is 57.8 Å². The zero-order chi connectivity index (χ0) is 21.9. The van der Waals surface area contributed by atoms with Crippen LogP contribution in [0.2, 0.25) is 0 Å². The molecule has 0 spiro atoms. The van der Waals surface area contributed by atoms with Gasteiger partial charge >= 0.3 is 0 Å². The maximum Gasteiger partial charge on any atom is 0.187 e. The normalized spacial score (nSPS) is 20.7. The molecule has 6 nitrogen and oxygen atoms in total. The first kappa shape index (κ1) is 31.5. The molecule has 0 heterocycles. The summed E-state index contributed by atoms with van der Waals surface area (Å²) in [4.78, 5) is 22.7. The summed E-state index contributed by atoms with van der Waals surface area (Å²) in [6.45, 7) is 7.47. The van der Waals surface area contributed by atoms with Crippen LogP contribution < -0.4 is 10.6 Å². The first-order chi connectivity index (χ1) is 13.7. The van der Waals surface area contributed by atoms with Gasteiger partial charge < -0.3 is 20.8 Å². The van der Waals surface area contributed by atoms with Crippen molar-refractivity contribution in [2.45, 2.75) is 51.8 Å². The molecule has 0 saturated carbocycles. The van der Waals surface area contributed by atoms with E-state index >= 15 is 0 Å². The quantitative estimate of drug-likeness (QED) is 0.231. The Bertz CT molecular complexity index is 774. The third-order valence-corrected chi connectivity index (χ3v) is 4.77. The van der Waals surface area contributed by atoms with Crippen molar-refractivity contribution in [2.24, 2.45) is 0 Å². The number of aliphatic hydroxyl groups excluding tert-OH is 1. The SMILES string of the molecule is CCC(C)(CO)NC=C1C=CC=CC1=O.CCC(C)(O)NC=C1C=CC=CC1=O.[Cu].[Cu]. The van der Waals surface area contributed by atoms with E-state index in [1.165, 1.54) is 12.2 Å². The number of carbonyl (C=O) groups is 2. The summed E-state index contributed by atoms with van der Waals surface area (Å²) >= 11 is 0. The van der Waals surface area contributed by atoms with Crippen LogP contribution in [0, 0.1) is 0 Å². The molecule has 8 heteroatoms. The number of carbonyl (C=O) groups excluding carboxylic acids is 2. The van der Waals surface area contributed by atoms with Crippen molar-refractivity contribution in [2.75, 3.05) is 6.61 Å². The van der Waals surface area contributed by atoms with Gasteiger partial charge in [0, 0.05) is 57.7 Å². The molecule has 0 saturated heterocycles. The van der Waals surface area contributed by atoms with E-state index in [1.807, 2.05) is 26.8 Å². The van der Waals surface area contributed by atoms with Gasteiger partial charge in [0.1, 0.15) is 5.72 Å². The van der Waals surface area contributed by atoms with Crippen LogP contribution in [0.4, 0.5) is 0 Å². The van der Waals surface area contributed by atoms with Crippen LogP contribution in [0.25, 0.3) is 0 Å². The van der Waals surface area contributed by atoms with Gasteiger partial charge in [0.25, 0.3) is 0 Å². The molecule has 4 N–H and O–H groups in total. The van der Waals surface area contributed by atoms with E-state index in [9.17, 15) is 19.8 Å². The van der Waals surface area contributed by atoms with Crippen LogP contribution >= 0.6 is 0 Å². The molecule has 2 rings (SSSR count). The Hall–Kier alpha value is -1.66. The third-order valence-electron chi connectivity index (χ3n) is 4.77. The molecule has 2 aliphatic carbocycles. The minimum atomic E-state index is -0.956. The number of hydrogen-bond acceptors (Lipinski definition) is 6. The molecule has 2 aliphatic rings. The maximum absolute atomic E-state index is 11.4. The third kappa shape index (κ3) is 11.5. The summed E-state index contributed by atoms with van der Waals surface area (Å²) in [7, 11) is 0. The average molecular weight is 528 g/mol. The van der Waals surface area contributed by atoms with Gasteiger partial charge in [-0.05, 0) is 51.0 Å². The molecule has 0 fully saturated rings. The molecule has 0 aromatic heterocycles. The standard InChI is InChI=1S/C12H17NO2.C11H15NO2.2Cu/c1-3-12(2,9-14)13-8-10-6-4-5-7-11(10)15;1-3-11(2,14)12-8-9-6-4-5-7-10(9)13;;/h4-8,13-14H,3,9H2,1-2H3;4-8,12,14H,3H2,1-2H3;;. The smallest absolute Gasteiger partial charge is 0.187 e. The van der Waals surface area contributed by atoms with Crippen molar-refractivity contribution in [3.05, 3.63) is 72.2 Å². The number of hydrogen-bond donors (Lipinski definition) is 4. The van der Waals surface area contributed by atoms with Crippen molar-refractivity contribution in [1.29, 1.82) is 0 Å².